The Bertz CT molecular complexity index is 1220. The number of benzene rings is 1. The van der Waals surface area contributed by atoms with Crippen molar-refractivity contribution < 1.29 is 9.53 Å². The maximum Gasteiger partial charge on any atom is 0.332 e. The zero-order valence-corrected chi connectivity index (χ0v) is 21.4. The van der Waals surface area contributed by atoms with Crippen LogP contribution in [0.1, 0.15) is 83.6 Å². The zero-order chi connectivity index (χ0) is 24.8. The fraction of sp³-hybridized carbons (Fsp3) is 0.690. The molecule has 6 rings (SSSR count). The van der Waals surface area contributed by atoms with Crippen LogP contribution in [-0.2, 0) is 16.1 Å². The van der Waals surface area contributed by atoms with Crippen molar-refractivity contribution in [3.8, 4) is 0 Å². The van der Waals surface area contributed by atoms with Crippen LogP contribution >= 0.6 is 0 Å². The molecule has 1 aromatic heterocycles. The lowest BCUT2D eigenvalue weighted by Gasteiger charge is -2.55. The molecule has 0 spiro atoms. The van der Waals surface area contributed by atoms with E-state index in [4.69, 9.17) is 4.74 Å². The van der Waals surface area contributed by atoms with E-state index in [1.807, 2.05) is 6.07 Å². The number of aromatic nitrogens is 2. The fourth-order valence-electron chi connectivity index (χ4n) is 8.29. The van der Waals surface area contributed by atoms with Gasteiger partial charge in [-0.05, 0) is 75.8 Å². The molecular weight excluding hydrogens is 454 g/mol. The number of hydrogen-bond donors (Lipinski definition) is 0. The molecule has 36 heavy (non-hydrogen) atoms. The Morgan fingerprint density at radius 3 is 2.22 bits per heavy atom. The normalized spacial score (nSPS) is 32.4. The minimum Gasteiger partial charge on any atom is -0.465 e. The number of hydrogen-bond acceptors (Lipinski definition) is 5. The molecule has 1 aromatic carbocycles. The van der Waals surface area contributed by atoms with Gasteiger partial charge in [0.1, 0.15) is 6.54 Å². The number of fused-ring (bicyclic) bond motifs is 5. The molecule has 4 aliphatic rings. The van der Waals surface area contributed by atoms with E-state index < -0.39 is 5.97 Å². The molecule has 2 aromatic rings. The van der Waals surface area contributed by atoms with Gasteiger partial charge in [0.05, 0.1) is 17.5 Å². The van der Waals surface area contributed by atoms with Crippen molar-refractivity contribution in [2.45, 2.75) is 108 Å². The monoisotopic (exact) mass is 493 g/mol. The van der Waals surface area contributed by atoms with E-state index in [-0.39, 0.29) is 30.4 Å². The quantitative estimate of drug-likeness (QED) is 0.582. The number of piperidine rings is 2. The molecule has 7 heteroatoms. The molecule has 2 saturated heterocycles. The topological polar surface area (TPSA) is 73.5 Å². The lowest BCUT2D eigenvalue weighted by atomic mass is 9.68. The number of carbonyl (C=O) groups is 1. The summed E-state index contributed by atoms with van der Waals surface area (Å²) in [6.07, 6.45) is 13.5. The number of para-hydroxylation sites is 1. The smallest absolute Gasteiger partial charge is 0.332 e. The van der Waals surface area contributed by atoms with E-state index in [0.29, 0.717) is 29.0 Å². The van der Waals surface area contributed by atoms with E-state index >= 15 is 0 Å². The first-order valence-corrected chi connectivity index (χ1v) is 14.2. The van der Waals surface area contributed by atoms with Gasteiger partial charge in [-0.25, -0.2) is 4.79 Å². The Morgan fingerprint density at radius 1 is 0.861 bits per heavy atom. The van der Waals surface area contributed by atoms with E-state index in [9.17, 15) is 14.4 Å². The fourth-order valence-corrected chi connectivity index (χ4v) is 8.29. The van der Waals surface area contributed by atoms with Crippen LogP contribution in [0.2, 0.25) is 0 Å². The summed E-state index contributed by atoms with van der Waals surface area (Å²) in [6.45, 7) is 1.84. The van der Waals surface area contributed by atoms with Crippen molar-refractivity contribution in [2.24, 2.45) is 11.8 Å². The van der Waals surface area contributed by atoms with Crippen LogP contribution < -0.4 is 11.2 Å². The minimum absolute atomic E-state index is 0.127. The van der Waals surface area contributed by atoms with E-state index in [1.165, 1.54) is 54.1 Å². The first-order valence-electron chi connectivity index (χ1n) is 14.2. The lowest BCUT2D eigenvalue weighted by molar-refractivity contribution is -0.143. The summed E-state index contributed by atoms with van der Waals surface area (Å²) in [5.41, 5.74) is -0.0990. The van der Waals surface area contributed by atoms with Crippen molar-refractivity contribution in [1.29, 1.82) is 0 Å². The van der Waals surface area contributed by atoms with Crippen LogP contribution in [0, 0.1) is 11.8 Å². The van der Waals surface area contributed by atoms with Gasteiger partial charge in [-0.15, -0.1) is 0 Å². The van der Waals surface area contributed by atoms with E-state index in [0.717, 1.165) is 37.5 Å². The molecule has 7 nitrogen and oxygen atoms in total. The number of ether oxygens (including phenoxy) is 1. The summed E-state index contributed by atoms with van der Waals surface area (Å²) in [7, 11) is 0. The summed E-state index contributed by atoms with van der Waals surface area (Å²) in [5.74, 6) is 1.32. The zero-order valence-electron chi connectivity index (χ0n) is 21.4. The largest absolute Gasteiger partial charge is 0.465 e. The van der Waals surface area contributed by atoms with Crippen LogP contribution in [0.3, 0.4) is 0 Å². The molecule has 2 unspecified atom stereocenters. The highest BCUT2D eigenvalue weighted by Crippen LogP contribution is 2.47. The maximum absolute atomic E-state index is 13.8. The van der Waals surface area contributed by atoms with Gasteiger partial charge in [0.2, 0.25) is 0 Å². The van der Waals surface area contributed by atoms with Gasteiger partial charge in [-0.2, -0.15) is 0 Å². The summed E-state index contributed by atoms with van der Waals surface area (Å²) in [5, 5.41) is 0.495. The van der Waals surface area contributed by atoms with Crippen LogP contribution in [0.25, 0.3) is 10.9 Å². The lowest BCUT2D eigenvalue weighted by Crippen LogP contribution is -2.59. The predicted octanol–water partition coefficient (Wildman–Crippen LogP) is 4.25. The third-order valence-electron chi connectivity index (χ3n) is 9.57. The van der Waals surface area contributed by atoms with Gasteiger partial charge in [0.25, 0.3) is 5.56 Å². The highest BCUT2D eigenvalue weighted by molar-refractivity contribution is 5.80. The second-order valence-corrected chi connectivity index (χ2v) is 11.7. The van der Waals surface area contributed by atoms with Crippen molar-refractivity contribution in [2.75, 3.05) is 6.61 Å². The van der Waals surface area contributed by atoms with E-state index in [2.05, 4.69) is 4.90 Å². The second-order valence-electron chi connectivity index (χ2n) is 11.7. The number of carbonyl (C=O) groups excluding carboxylic acids is 1. The van der Waals surface area contributed by atoms with Gasteiger partial charge < -0.3 is 4.74 Å². The summed E-state index contributed by atoms with van der Waals surface area (Å²) in [4.78, 5) is 42.7. The van der Waals surface area contributed by atoms with Gasteiger partial charge in [0, 0.05) is 24.2 Å². The molecule has 0 N–H and O–H groups in total. The van der Waals surface area contributed by atoms with Gasteiger partial charge in [-0.3, -0.25) is 23.6 Å². The molecule has 2 saturated carbocycles. The summed E-state index contributed by atoms with van der Waals surface area (Å²) in [6, 6.07) is 8.55. The molecule has 6 atom stereocenters. The first-order chi connectivity index (χ1) is 17.5. The molecule has 0 radical (unpaired) electrons. The Kier molecular flexibility index (Phi) is 6.53. The van der Waals surface area contributed by atoms with Gasteiger partial charge >= 0.3 is 11.7 Å². The Morgan fingerprint density at radius 2 is 1.53 bits per heavy atom. The summed E-state index contributed by atoms with van der Waals surface area (Å²) < 4.78 is 8.08. The Labute approximate surface area is 212 Å². The van der Waals surface area contributed by atoms with Crippen molar-refractivity contribution >= 4 is 16.9 Å². The number of nitrogens with zero attached hydrogens (tertiary/aromatic N) is 3. The Hall–Kier alpha value is -2.41. The molecular formula is C29H39N3O4. The van der Waals surface area contributed by atoms with Crippen LogP contribution in [0.5, 0.6) is 0 Å². The third-order valence-corrected chi connectivity index (χ3v) is 9.57. The number of esters is 1. The molecule has 194 valence electrons. The average Bonchev–Trinajstić information content (AvgIpc) is 2.86. The molecule has 2 aliphatic heterocycles. The Balaban J connectivity index is 1.34. The number of rotatable bonds is 5. The highest BCUT2D eigenvalue weighted by Gasteiger charge is 2.45. The van der Waals surface area contributed by atoms with Gasteiger partial charge in [-0.1, -0.05) is 37.8 Å². The summed E-state index contributed by atoms with van der Waals surface area (Å²) >= 11 is 0. The first kappa shape index (κ1) is 24.0. The molecule has 4 bridgehead atoms. The standard InChI is InChI=1S/C29H39N3O4/c1-2-36-27(33)18-30-26-12-4-3-11-25(26)28(34)32(29(30)35)24-16-21-9-6-10-22(17-24)31(21)23-14-19-7-5-8-20(13-19)15-23/h3-4,11-12,19-24H,2,5-10,13-18H2,1H3/t19-,20+,21-,22+,23?,24?. The highest BCUT2D eigenvalue weighted by atomic mass is 16.5. The van der Waals surface area contributed by atoms with Crippen molar-refractivity contribution in [3.05, 3.63) is 45.1 Å². The van der Waals surface area contributed by atoms with Crippen LogP contribution in [0.15, 0.2) is 33.9 Å². The molecule has 2 aliphatic carbocycles. The molecule has 4 fully saturated rings. The second kappa shape index (κ2) is 9.81. The minimum atomic E-state index is -0.454. The van der Waals surface area contributed by atoms with Crippen LogP contribution in [-0.4, -0.2) is 44.7 Å². The maximum atomic E-state index is 13.8. The van der Waals surface area contributed by atoms with E-state index in [1.54, 1.807) is 25.1 Å². The third kappa shape index (κ3) is 4.23. The van der Waals surface area contributed by atoms with Gasteiger partial charge in [0.15, 0.2) is 0 Å². The average molecular weight is 494 g/mol. The predicted molar refractivity (Wildman–Crippen MR) is 139 cm³/mol. The van der Waals surface area contributed by atoms with Crippen molar-refractivity contribution in [3.63, 3.8) is 0 Å². The molecule has 3 heterocycles. The van der Waals surface area contributed by atoms with Crippen LogP contribution in [0.4, 0.5) is 0 Å². The SMILES string of the molecule is CCOC(=O)Cn1c(=O)n(C2C[C@H]3CCC[C@@H](C2)N3C2C[C@H]3CCC[C@@H](C2)C3)c(=O)c2ccccc21. The van der Waals surface area contributed by atoms with Crippen molar-refractivity contribution in [1.82, 2.24) is 14.0 Å². The molecule has 0 amide bonds.